The molecule has 21 heavy (non-hydrogen) atoms. The third-order valence-electron chi connectivity index (χ3n) is 5.41. The van der Waals surface area contributed by atoms with Gasteiger partial charge in [-0.2, -0.15) is 0 Å². The molecule has 2 fully saturated rings. The maximum Gasteiger partial charge on any atom is 0.0307 e. The normalized spacial score (nSPS) is 28.1. The van der Waals surface area contributed by atoms with Gasteiger partial charge in [-0.3, -0.25) is 0 Å². The summed E-state index contributed by atoms with van der Waals surface area (Å²) in [4.78, 5) is 2.66. The highest BCUT2D eigenvalue weighted by atomic mass is 79.9. The first-order valence-electron chi connectivity index (χ1n) is 8.46. The molecule has 1 aromatic rings. The number of halogens is 1. The number of hydrogen-bond donors (Lipinski definition) is 1. The van der Waals surface area contributed by atoms with Gasteiger partial charge in [-0.1, -0.05) is 47.3 Å². The van der Waals surface area contributed by atoms with E-state index >= 15 is 0 Å². The van der Waals surface area contributed by atoms with E-state index in [4.69, 9.17) is 5.73 Å². The summed E-state index contributed by atoms with van der Waals surface area (Å²) in [6.07, 6.45) is 8.33. The van der Waals surface area contributed by atoms with Gasteiger partial charge in [-0.15, -0.1) is 0 Å². The van der Waals surface area contributed by atoms with E-state index < -0.39 is 0 Å². The van der Waals surface area contributed by atoms with Crippen LogP contribution < -0.4 is 5.73 Å². The SMILES string of the molecule is NC(CCN1CCC2CCCCC2C1)c1cccc(Br)c1. The van der Waals surface area contributed by atoms with Crippen molar-refractivity contribution in [1.29, 1.82) is 0 Å². The minimum absolute atomic E-state index is 0.159. The Morgan fingerprint density at radius 3 is 2.81 bits per heavy atom. The molecule has 2 aliphatic rings. The lowest BCUT2D eigenvalue weighted by atomic mass is 9.75. The molecule has 116 valence electrons. The number of rotatable bonds is 4. The molecule has 1 saturated heterocycles. The van der Waals surface area contributed by atoms with Gasteiger partial charge in [0.2, 0.25) is 0 Å². The molecule has 1 aliphatic carbocycles. The Labute approximate surface area is 137 Å². The van der Waals surface area contributed by atoms with Gasteiger partial charge in [-0.05, 0) is 61.9 Å². The van der Waals surface area contributed by atoms with E-state index in [2.05, 4.69) is 45.1 Å². The van der Waals surface area contributed by atoms with Crippen LogP contribution >= 0.6 is 15.9 Å². The molecule has 2 N–H and O–H groups in total. The highest BCUT2D eigenvalue weighted by Crippen LogP contribution is 2.36. The first kappa shape index (κ1) is 15.5. The van der Waals surface area contributed by atoms with Gasteiger partial charge in [0.15, 0.2) is 0 Å². The van der Waals surface area contributed by atoms with Crippen molar-refractivity contribution in [1.82, 2.24) is 4.90 Å². The van der Waals surface area contributed by atoms with Crippen molar-refractivity contribution in [3.8, 4) is 0 Å². The molecular formula is C18H27BrN2. The number of benzene rings is 1. The van der Waals surface area contributed by atoms with Gasteiger partial charge in [0.05, 0.1) is 0 Å². The van der Waals surface area contributed by atoms with Crippen molar-refractivity contribution < 1.29 is 0 Å². The molecule has 0 amide bonds. The van der Waals surface area contributed by atoms with Crippen LogP contribution in [-0.2, 0) is 0 Å². The van der Waals surface area contributed by atoms with Gasteiger partial charge >= 0.3 is 0 Å². The molecule has 3 atom stereocenters. The molecule has 3 unspecified atom stereocenters. The number of nitrogens with two attached hydrogens (primary N) is 1. The number of fused-ring (bicyclic) bond motifs is 1. The molecule has 0 aromatic heterocycles. The predicted molar refractivity (Wildman–Crippen MR) is 92.2 cm³/mol. The van der Waals surface area contributed by atoms with Crippen LogP contribution in [0.3, 0.4) is 0 Å². The zero-order chi connectivity index (χ0) is 14.7. The van der Waals surface area contributed by atoms with Crippen molar-refractivity contribution in [2.75, 3.05) is 19.6 Å². The highest BCUT2D eigenvalue weighted by Gasteiger charge is 2.30. The molecule has 2 nitrogen and oxygen atoms in total. The highest BCUT2D eigenvalue weighted by molar-refractivity contribution is 9.10. The fraction of sp³-hybridized carbons (Fsp3) is 0.667. The molecule has 3 heteroatoms. The summed E-state index contributed by atoms with van der Waals surface area (Å²) in [5.41, 5.74) is 7.61. The third-order valence-corrected chi connectivity index (χ3v) is 5.90. The van der Waals surface area contributed by atoms with Crippen molar-refractivity contribution in [2.45, 2.75) is 44.6 Å². The fourth-order valence-electron chi connectivity index (χ4n) is 4.10. The molecule has 1 saturated carbocycles. The van der Waals surface area contributed by atoms with Crippen LogP contribution in [0.25, 0.3) is 0 Å². The number of hydrogen-bond acceptors (Lipinski definition) is 2. The Kier molecular flexibility index (Phi) is 5.36. The average molecular weight is 351 g/mol. The molecule has 1 heterocycles. The maximum absolute atomic E-state index is 6.37. The standard InChI is InChI=1S/C18H27BrN2/c19-17-7-3-6-15(12-17)18(20)9-11-21-10-8-14-4-1-2-5-16(14)13-21/h3,6-7,12,14,16,18H,1-2,4-5,8-11,13,20H2. The van der Waals surface area contributed by atoms with Crippen molar-refractivity contribution in [2.24, 2.45) is 17.6 Å². The lowest BCUT2D eigenvalue weighted by molar-refractivity contribution is 0.0848. The van der Waals surface area contributed by atoms with E-state index in [1.807, 2.05) is 0 Å². The number of piperidine rings is 1. The van der Waals surface area contributed by atoms with E-state index in [9.17, 15) is 0 Å². The largest absolute Gasteiger partial charge is 0.324 e. The lowest BCUT2D eigenvalue weighted by Crippen LogP contribution is -2.42. The first-order valence-corrected chi connectivity index (χ1v) is 9.25. The summed E-state index contributed by atoms with van der Waals surface area (Å²) in [5.74, 6) is 1.99. The molecule has 0 spiro atoms. The van der Waals surface area contributed by atoms with E-state index in [1.165, 1.54) is 50.8 Å². The van der Waals surface area contributed by atoms with Crippen LogP contribution in [0.5, 0.6) is 0 Å². The van der Waals surface area contributed by atoms with Gasteiger partial charge in [0.25, 0.3) is 0 Å². The fourth-order valence-corrected chi connectivity index (χ4v) is 4.52. The van der Waals surface area contributed by atoms with E-state index in [0.29, 0.717) is 0 Å². The first-order chi connectivity index (χ1) is 10.2. The van der Waals surface area contributed by atoms with Crippen molar-refractivity contribution >= 4 is 15.9 Å². The summed E-state index contributed by atoms with van der Waals surface area (Å²) < 4.78 is 1.12. The van der Waals surface area contributed by atoms with Crippen molar-refractivity contribution in [3.63, 3.8) is 0 Å². The Balaban J connectivity index is 1.49. The van der Waals surface area contributed by atoms with E-state index in [1.54, 1.807) is 0 Å². The quantitative estimate of drug-likeness (QED) is 0.874. The third kappa shape index (κ3) is 4.08. The second-order valence-electron chi connectivity index (χ2n) is 6.84. The predicted octanol–water partition coefficient (Wildman–Crippen LogP) is 4.35. The van der Waals surface area contributed by atoms with Crippen LogP contribution in [0.1, 0.15) is 50.1 Å². The van der Waals surface area contributed by atoms with Crippen LogP contribution in [0, 0.1) is 11.8 Å². The molecule has 3 rings (SSSR count). The Bertz CT molecular complexity index is 462. The van der Waals surface area contributed by atoms with Crippen LogP contribution in [0.4, 0.5) is 0 Å². The van der Waals surface area contributed by atoms with Crippen LogP contribution in [-0.4, -0.2) is 24.5 Å². The van der Waals surface area contributed by atoms with Crippen LogP contribution in [0.2, 0.25) is 0 Å². The summed E-state index contributed by atoms with van der Waals surface area (Å²) in [5, 5.41) is 0. The average Bonchev–Trinajstić information content (AvgIpc) is 2.52. The Morgan fingerprint density at radius 2 is 2.00 bits per heavy atom. The molecule has 0 bridgehead atoms. The minimum Gasteiger partial charge on any atom is -0.324 e. The van der Waals surface area contributed by atoms with E-state index in [-0.39, 0.29) is 6.04 Å². The maximum atomic E-state index is 6.37. The van der Waals surface area contributed by atoms with Gasteiger partial charge in [-0.25, -0.2) is 0 Å². The Morgan fingerprint density at radius 1 is 1.19 bits per heavy atom. The van der Waals surface area contributed by atoms with Crippen LogP contribution in [0.15, 0.2) is 28.7 Å². The lowest BCUT2D eigenvalue weighted by Gasteiger charge is -2.41. The summed E-state index contributed by atoms with van der Waals surface area (Å²) >= 11 is 3.53. The zero-order valence-electron chi connectivity index (χ0n) is 12.8. The minimum atomic E-state index is 0.159. The molecular weight excluding hydrogens is 324 g/mol. The van der Waals surface area contributed by atoms with Crippen molar-refractivity contribution in [3.05, 3.63) is 34.3 Å². The number of nitrogens with zero attached hydrogens (tertiary/aromatic N) is 1. The Hall–Kier alpha value is -0.380. The molecule has 1 aromatic carbocycles. The zero-order valence-corrected chi connectivity index (χ0v) is 14.4. The summed E-state index contributed by atoms with van der Waals surface area (Å²) in [6.45, 7) is 3.75. The van der Waals surface area contributed by atoms with Gasteiger partial charge in [0.1, 0.15) is 0 Å². The topological polar surface area (TPSA) is 29.3 Å². The monoisotopic (exact) mass is 350 g/mol. The van der Waals surface area contributed by atoms with Gasteiger partial charge < -0.3 is 10.6 Å². The molecule has 1 aliphatic heterocycles. The smallest absolute Gasteiger partial charge is 0.0307 e. The van der Waals surface area contributed by atoms with Gasteiger partial charge in [0, 0.05) is 17.1 Å². The second kappa shape index (κ2) is 7.26. The second-order valence-corrected chi connectivity index (χ2v) is 7.76. The van der Waals surface area contributed by atoms with E-state index in [0.717, 1.165) is 29.3 Å². The number of likely N-dealkylation sites (tertiary alicyclic amines) is 1. The summed E-state index contributed by atoms with van der Waals surface area (Å²) in [7, 11) is 0. The summed E-state index contributed by atoms with van der Waals surface area (Å²) in [6, 6.07) is 8.59. The molecule has 0 radical (unpaired) electrons.